The standard InChI is InChI=1S/C27H32F3N5O3/c1-26(2,37)17-12-18(13-17)35-15-16-11-22(32-25(36)20-5-4-6-24(31-20)27(28,29)30)23(14-21(16)33-35)38-19-7-9-34(3)10-8-19/h4-6,11,14-15,17-19,37H,7-10,12-13H2,1-3H3,(H,32,36)/t17-,18-. The van der Waals surface area contributed by atoms with E-state index in [9.17, 15) is 23.1 Å². The van der Waals surface area contributed by atoms with Crippen LogP contribution in [0.4, 0.5) is 18.9 Å². The number of rotatable bonds is 6. The first-order chi connectivity index (χ1) is 17.9. The van der Waals surface area contributed by atoms with Gasteiger partial charge in [0.25, 0.3) is 5.91 Å². The summed E-state index contributed by atoms with van der Waals surface area (Å²) in [5.41, 5.74) is -1.17. The number of hydrogen-bond donors (Lipinski definition) is 2. The Balaban J connectivity index is 1.43. The third kappa shape index (κ3) is 5.63. The van der Waals surface area contributed by atoms with Gasteiger partial charge in [0.15, 0.2) is 0 Å². The molecule has 2 aromatic heterocycles. The molecule has 5 rings (SSSR count). The molecule has 2 aliphatic rings. The number of amides is 1. The van der Waals surface area contributed by atoms with Gasteiger partial charge in [-0.2, -0.15) is 18.3 Å². The second-order valence-electron chi connectivity index (χ2n) is 11.0. The van der Waals surface area contributed by atoms with E-state index in [0.29, 0.717) is 17.0 Å². The van der Waals surface area contributed by atoms with Crippen molar-refractivity contribution in [1.82, 2.24) is 19.7 Å². The number of pyridine rings is 1. The van der Waals surface area contributed by atoms with Gasteiger partial charge in [-0.15, -0.1) is 0 Å². The SMILES string of the molecule is CN1CCC(Oc2cc3nn([C@H]4C[C@H](C(C)(C)O)C4)cc3cc2NC(=O)c2cccc(C(F)(F)F)n2)CC1. The van der Waals surface area contributed by atoms with Crippen LogP contribution in [0.3, 0.4) is 0 Å². The summed E-state index contributed by atoms with van der Waals surface area (Å²) in [7, 11) is 2.05. The minimum absolute atomic E-state index is 0.0627. The first-order valence-corrected chi connectivity index (χ1v) is 12.8. The Morgan fingerprint density at radius 3 is 2.53 bits per heavy atom. The van der Waals surface area contributed by atoms with Crippen molar-refractivity contribution in [3.63, 3.8) is 0 Å². The number of fused-ring (bicyclic) bond motifs is 1. The van der Waals surface area contributed by atoms with E-state index in [1.165, 1.54) is 6.07 Å². The van der Waals surface area contributed by atoms with Crippen molar-refractivity contribution >= 4 is 22.5 Å². The fraction of sp³-hybridized carbons (Fsp3) is 0.519. The summed E-state index contributed by atoms with van der Waals surface area (Å²) in [6.07, 6.45) is 0.406. The smallest absolute Gasteiger partial charge is 0.433 e. The summed E-state index contributed by atoms with van der Waals surface area (Å²) >= 11 is 0. The number of benzene rings is 1. The van der Waals surface area contributed by atoms with Gasteiger partial charge in [0.2, 0.25) is 0 Å². The molecule has 8 nitrogen and oxygen atoms in total. The van der Waals surface area contributed by atoms with Crippen LogP contribution in [0.5, 0.6) is 5.75 Å². The molecule has 2 N–H and O–H groups in total. The second-order valence-corrected chi connectivity index (χ2v) is 11.0. The highest BCUT2D eigenvalue weighted by Crippen LogP contribution is 2.44. The van der Waals surface area contributed by atoms with Crippen molar-refractivity contribution in [2.45, 2.75) is 63.5 Å². The largest absolute Gasteiger partial charge is 0.488 e. The molecule has 1 aliphatic heterocycles. The first kappa shape index (κ1) is 26.4. The molecule has 11 heteroatoms. The van der Waals surface area contributed by atoms with Gasteiger partial charge >= 0.3 is 6.18 Å². The Kier molecular flexibility index (Phi) is 6.85. The van der Waals surface area contributed by atoms with Crippen molar-refractivity contribution in [3.8, 4) is 5.75 Å². The zero-order valence-electron chi connectivity index (χ0n) is 21.6. The maximum Gasteiger partial charge on any atom is 0.433 e. The molecule has 2 fully saturated rings. The van der Waals surface area contributed by atoms with E-state index in [0.717, 1.165) is 56.3 Å². The van der Waals surface area contributed by atoms with Crippen molar-refractivity contribution in [2.24, 2.45) is 5.92 Å². The van der Waals surface area contributed by atoms with Crippen LogP contribution in [0.15, 0.2) is 36.5 Å². The molecule has 38 heavy (non-hydrogen) atoms. The van der Waals surface area contributed by atoms with E-state index in [2.05, 4.69) is 15.2 Å². The van der Waals surface area contributed by atoms with Gasteiger partial charge < -0.3 is 20.1 Å². The third-order valence-corrected chi connectivity index (χ3v) is 7.59. The molecule has 0 radical (unpaired) electrons. The highest BCUT2D eigenvalue weighted by Gasteiger charge is 2.40. The van der Waals surface area contributed by atoms with E-state index < -0.39 is 23.4 Å². The molecule has 1 aliphatic carbocycles. The lowest BCUT2D eigenvalue weighted by Crippen LogP contribution is -2.41. The minimum Gasteiger partial charge on any atom is -0.488 e. The van der Waals surface area contributed by atoms with E-state index in [4.69, 9.17) is 9.84 Å². The molecule has 1 amide bonds. The van der Waals surface area contributed by atoms with Crippen LogP contribution in [-0.2, 0) is 6.18 Å². The molecule has 3 heterocycles. The molecule has 204 valence electrons. The number of ether oxygens (including phenoxy) is 1. The van der Waals surface area contributed by atoms with Gasteiger partial charge in [0.05, 0.1) is 22.8 Å². The van der Waals surface area contributed by atoms with Gasteiger partial charge in [-0.1, -0.05) is 6.07 Å². The quantitative estimate of drug-likeness (QED) is 0.470. The molecule has 0 bridgehead atoms. The number of carbonyl (C=O) groups is 1. The number of piperidine rings is 1. The van der Waals surface area contributed by atoms with Crippen molar-refractivity contribution in [3.05, 3.63) is 47.9 Å². The number of aliphatic hydroxyl groups is 1. The zero-order valence-corrected chi connectivity index (χ0v) is 21.6. The molecule has 1 aromatic carbocycles. The Hall–Kier alpha value is -3.18. The van der Waals surface area contributed by atoms with Gasteiger partial charge in [-0.3, -0.25) is 9.48 Å². The highest BCUT2D eigenvalue weighted by atomic mass is 19.4. The zero-order chi connectivity index (χ0) is 27.2. The number of carbonyl (C=O) groups excluding carboxylic acids is 1. The van der Waals surface area contributed by atoms with E-state index in [-0.39, 0.29) is 23.8 Å². The van der Waals surface area contributed by atoms with Crippen LogP contribution in [0.25, 0.3) is 10.9 Å². The number of likely N-dealkylation sites (tertiary alicyclic amines) is 1. The summed E-state index contributed by atoms with van der Waals surface area (Å²) < 4.78 is 47.6. The fourth-order valence-corrected chi connectivity index (χ4v) is 5.02. The second kappa shape index (κ2) is 9.85. The predicted octanol–water partition coefficient (Wildman–Crippen LogP) is 4.90. The molecule has 0 spiro atoms. The lowest BCUT2D eigenvalue weighted by molar-refractivity contribution is -0.141. The van der Waals surface area contributed by atoms with Crippen molar-refractivity contribution < 1.29 is 27.8 Å². The molecule has 3 aromatic rings. The summed E-state index contributed by atoms with van der Waals surface area (Å²) in [5, 5.41) is 18.5. The monoisotopic (exact) mass is 531 g/mol. The lowest BCUT2D eigenvalue weighted by atomic mass is 9.71. The van der Waals surface area contributed by atoms with Crippen LogP contribution >= 0.6 is 0 Å². The Morgan fingerprint density at radius 1 is 1.16 bits per heavy atom. The van der Waals surface area contributed by atoms with Crippen LogP contribution in [0, 0.1) is 5.92 Å². The number of aromatic nitrogens is 3. The summed E-state index contributed by atoms with van der Waals surface area (Å²) in [5.74, 6) is -0.151. The summed E-state index contributed by atoms with van der Waals surface area (Å²) in [6, 6.07) is 6.90. The van der Waals surface area contributed by atoms with E-state index in [1.807, 2.05) is 31.8 Å². The van der Waals surface area contributed by atoms with Gasteiger partial charge in [0, 0.05) is 30.7 Å². The maximum atomic E-state index is 13.1. The number of hydrogen-bond acceptors (Lipinski definition) is 6. The normalized spacial score (nSPS) is 21.3. The number of nitrogens with zero attached hydrogens (tertiary/aromatic N) is 4. The number of nitrogens with one attached hydrogen (secondary N) is 1. The first-order valence-electron chi connectivity index (χ1n) is 12.8. The van der Waals surface area contributed by atoms with Crippen LogP contribution in [-0.4, -0.2) is 62.5 Å². The van der Waals surface area contributed by atoms with E-state index in [1.54, 1.807) is 12.1 Å². The fourth-order valence-electron chi connectivity index (χ4n) is 5.02. The molecule has 0 unspecified atom stereocenters. The highest BCUT2D eigenvalue weighted by molar-refractivity contribution is 6.05. The Labute approximate surface area is 218 Å². The summed E-state index contributed by atoms with van der Waals surface area (Å²) in [4.78, 5) is 18.7. The molecule has 1 saturated heterocycles. The number of alkyl halides is 3. The summed E-state index contributed by atoms with van der Waals surface area (Å²) in [6.45, 7) is 5.38. The predicted molar refractivity (Wildman–Crippen MR) is 136 cm³/mol. The van der Waals surface area contributed by atoms with Crippen LogP contribution < -0.4 is 10.1 Å². The van der Waals surface area contributed by atoms with E-state index >= 15 is 0 Å². The van der Waals surface area contributed by atoms with Crippen molar-refractivity contribution in [1.29, 1.82) is 0 Å². The van der Waals surface area contributed by atoms with Crippen LogP contribution in [0.2, 0.25) is 0 Å². The topological polar surface area (TPSA) is 92.5 Å². The molecule has 0 atom stereocenters. The molecular formula is C27H32F3N5O3. The maximum absolute atomic E-state index is 13.1. The third-order valence-electron chi connectivity index (χ3n) is 7.59. The number of anilines is 1. The molecule has 1 saturated carbocycles. The van der Waals surface area contributed by atoms with Gasteiger partial charge in [-0.05, 0) is 70.7 Å². The average molecular weight is 532 g/mol. The molecular weight excluding hydrogens is 499 g/mol. The van der Waals surface area contributed by atoms with Crippen LogP contribution in [0.1, 0.15) is 61.8 Å². The minimum atomic E-state index is -4.65. The number of halogens is 3. The average Bonchev–Trinajstić information content (AvgIpc) is 3.20. The lowest BCUT2D eigenvalue weighted by Gasteiger charge is -2.42. The van der Waals surface area contributed by atoms with Crippen molar-refractivity contribution in [2.75, 3.05) is 25.5 Å². The van der Waals surface area contributed by atoms with Gasteiger partial charge in [-0.25, -0.2) is 4.98 Å². The van der Waals surface area contributed by atoms with Gasteiger partial charge in [0.1, 0.15) is 23.2 Å². The Bertz CT molecular complexity index is 1320. The Morgan fingerprint density at radius 2 is 1.87 bits per heavy atom.